The number of nitrogens with one attached hydrogen (secondary N) is 1. The molecule has 0 fully saturated rings. The number of benzene rings is 1. The summed E-state index contributed by atoms with van der Waals surface area (Å²) in [6, 6.07) is 5.85. The van der Waals surface area contributed by atoms with Crippen LogP contribution in [-0.4, -0.2) is 47.4 Å². The molecule has 0 aliphatic carbocycles. The fraction of sp³-hybridized carbons (Fsp3) is 0.235. The Labute approximate surface area is 146 Å². The first-order valence-corrected chi connectivity index (χ1v) is 8.02. The first-order chi connectivity index (χ1) is 12.5. The Morgan fingerprint density at radius 3 is 2.88 bits per heavy atom. The highest BCUT2D eigenvalue weighted by Crippen LogP contribution is 2.21. The molecule has 1 aliphatic heterocycles. The van der Waals surface area contributed by atoms with E-state index in [1.54, 1.807) is 24.3 Å². The van der Waals surface area contributed by atoms with Crippen molar-refractivity contribution >= 4 is 22.8 Å². The summed E-state index contributed by atoms with van der Waals surface area (Å²) >= 11 is 0. The molecule has 3 heterocycles. The van der Waals surface area contributed by atoms with Gasteiger partial charge in [0, 0.05) is 6.42 Å². The van der Waals surface area contributed by atoms with E-state index in [0.717, 1.165) is 0 Å². The third-order valence-corrected chi connectivity index (χ3v) is 4.54. The van der Waals surface area contributed by atoms with Crippen LogP contribution in [0.3, 0.4) is 0 Å². The van der Waals surface area contributed by atoms with E-state index < -0.39 is 17.9 Å². The highest BCUT2D eigenvalue weighted by molar-refractivity contribution is 5.84. The molecule has 1 atom stereocenters. The summed E-state index contributed by atoms with van der Waals surface area (Å²) in [5.74, 6) is -1.56. The minimum atomic E-state index is -1.10. The van der Waals surface area contributed by atoms with Crippen LogP contribution in [0.2, 0.25) is 0 Å². The zero-order chi connectivity index (χ0) is 18.3. The molecule has 0 radical (unpaired) electrons. The number of rotatable bonds is 3. The Morgan fingerprint density at radius 2 is 2.08 bits per heavy atom. The predicted octanol–water partition coefficient (Wildman–Crippen LogP) is 0.158. The maximum atomic E-state index is 12.7. The number of aromatic amines is 1. The quantitative estimate of drug-likeness (QED) is 0.692. The Morgan fingerprint density at radius 1 is 1.27 bits per heavy atom. The van der Waals surface area contributed by atoms with Crippen LogP contribution in [0.5, 0.6) is 0 Å². The predicted molar refractivity (Wildman–Crippen MR) is 90.3 cm³/mol. The van der Waals surface area contributed by atoms with Crippen molar-refractivity contribution in [3.05, 3.63) is 58.7 Å². The molecule has 0 bridgehead atoms. The third-order valence-electron chi connectivity index (χ3n) is 4.54. The summed E-state index contributed by atoms with van der Waals surface area (Å²) in [4.78, 5) is 49.3. The number of carbonyl (C=O) groups is 2. The second kappa shape index (κ2) is 6.10. The molecular weight excluding hydrogens is 338 g/mol. The van der Waals surface area contributed by atoms with Gasteiger partial charge in [-0.1, -0.05) is 12.1 Å². The normalized spacial score (nSPS) is 16.5. The molecule has 2 aromatic heterocycles. The Balaban J connectivity index is 1.64. The van der Waals surface area contributed by atoms with Crippen molar-refractivity contribution in [2.75, 3.05) is 0 Å². The zero-order valence-corrected chi connectivity index (χ0v) is 13.6. The molecule has 0 spiro atoms. The molecule has 0 unspecified atom stereocenters. The number of carboxylic acids is 1. The molecule has 0 saturated carbocycles. The van der Waals surface area contributed by atoms with Crippen molar-refractivity contribution in [3.63, 3.8) is 0 Å². The first-order valence-electron chi connectivity index (χ1n) is 8.02. The van der Waals surface area contributed by atoms with E-state index >= 15 is 0 Å². The second-order valence-corrected chi connectivity index (χ2v) is 6.10. The highest BCUT2D eigenvalue weighted by atomic mass is 16.4. The van der Waals surface area contributed by atoms with Crippen LogP contribution in [0.4, 0.5) is 0 Å². The molecular formula is C17H15N5O4. The van der Waals surface area contributed by atoms with Gasteiger partial charge in [-0.2, -0.15) is 0 Å². The molecule has 4 rings (SSSR count). The Kier molecular flexibility index (Phi) is 3.76. The Hall–Kier alpha value is -3.49. The number of nitrogens with zero attached hydrogens (tertiary/aromatic N) is 4. The van der Waals surface area contributed by atoms with Gasteiger partial charge in [0.05, 0.1) is 41.5 Å². The highest BCUT2D eigenvalue weighted by Gasteiger charge is 2.35. The molecule has 26 heavy (non-hydrogen) atoms. The van der Waals surface area contributed by atoms with E-state index in [0.29, 0.717) is 22.3 Å². The number of imidazole rings is 1. The number of para-hydroxylation sites is 1. The minimum Gasteiger partial charge on any atom is -0.480 e. The lowest BCUT2D eigenvalue weighted by Gasteiger charge is -2.32. The number of fused-ring (bicyclic) bond motifs is 2. The average molecular weight is 353 g/mol. The van der Waals surface area contributed by atoms with E-state index in [-0.39, 0.29) is 25.1 Å². The molecule has 3 aromatic rings. The summed E-state index contributed by atoms with van der Waals surface area (Å²) in [5, 5.41) is 9.88. The van der Waals surface area contributed by atoms with E-state index in [1.807, 2.05) is 0 Å². The molecule has 0 saturated heterocycles. The van der Waals surface area contributed by atoms with Gasteiger partial charge in [0.1, 0.15) is 12.6 Å². The monoisotopic (exact) mass is 353 g/mol. The van der Waals surface area contributed by atoms with E-state index in [1.165, 1.54) is 22.1 Å². The molecule has 2 N–H and O–H groups in total. The summed E-state index contributed by atoms with van der Waals surface area (Å²) in [5.41, 5.74) is 1.56. The van der Waals surface area contributed by atoms with Crippen molar-refractivity contribution in [2.24, 2.45) is 0 Å². The molecule has 9 nitrogen and oxygen atoms in total. The van der Waals surface area contributed by atoms with Crippen LogP contribution < -0.4 is 5.56 Å². The van der Waals surface area contributed by atoms with Gasteiger partial charge >= 0.3 is 5.97 Å². The van der Waals surface area contributed by atoms with E-state index in [9.17, 15) is 19.5 Å². The standard InChI is InChI=1S/C17H15N5O4/c23-15(7-21-9-20-11-4-2-1-3-10(11)16(21)24)22-6-13-12(18-8-19-13)5-14(22)17(25)26/h1-4,8-9,14H,5-7H2,(H,18,19)(H,25,26)/t14-/m1/s1. The number of H-pyrrole nitrogens is 1. The zero-order valence-electron chi connectivity index (χ0n) is 13.6. The summed E-state index contributed by atoms with van der Waals surface area (Å²) in [6.07, 6.45) is 2.92. The van der Waals surface area contributed by atoms with Gasteiger partial charge in [0.25, 0.3) is 5.56 Å². The van der Waals surface area contributed by atoms with Crippen LogP contribution in [0.15, 0.2) is 41.7 Å². The van der Waals surface area contributed by atoms with E-state index in [4.69, 9.17) is 0 Å². The van der Waals surface area contributed by atoms with Crippen LogP contribution in [0, 0.1) is 0 Å². The molecule has 132 valence electrons. The molecule has 1 aromatic carbocycles. The van der Waals surface area contributed by atoms with Gasteiger partial charge in [-0.3, -0.25) is 14.2 Å². The maximum Gasteiger partial charge on any atom is 0.326 e. The van der Waals surface area contributed by atoms with Crippen molar-refractivity contribution in [1.82, 2.24) is 24.4 Å². The van der Waals surface area contributed by atoms with Crippen molar-refractivity contribution in [1.29, 1.82) is 0 Å². The average Bonchev–Trinajstić information content (AvgIpc) is 3.10. The SMILES string of the molecule is O=C(O)[C@H]1Cc2nc[nH]c2CN1C(=O)Cn1cnc2ccccc2c1=O. The largest absolute Gasteiger partial charge is 0.480 e. The fourth-order valence-electron chi connectivity index (χ4n) is 3.17. The lowest BCUT2D eigenvalue weighted by molar-refractivity contribution is -0.151. The molecule has 1 aliphatic rings. The van der Waals surface area contributed by atoms with Crippen molar-refractivity contribution in [2.45, 2.75) is 25.6 Å². The fourth-order valence-corrected chi connectivity index (χ4v) is 3.17. The lowest BCUT2D eigenvalue weighted by Crippen LogP contribution is -2.50. The summed E-state index contributed by atoms with van der Waals surface area (Å²) in [6.45, 7) is -0.162. The Bertz CT molecular complexity index is 1070. The number of amides is 1. The van der Waals surface area contributed by atoms with Gasteiger partial charge < -0.3 is 15.0 Å². The maximum absolute atomic E-state index is 12.7. The summed E-state index contributed by atoms with van der Waals surface area (Å²) in [7, 11) is 0. The van der Waals surface area contributed by atoms with Crippen LogP contribution in [-0.2, 0) is 29.1 Å². The van der Waals surface area contributed by atoms with Gasteiger partial charge in [0.15, 0.2) is 0 Å². The first kappa shape index (κ1) is 16.0. The number of aliphatic carboxylic acids is 1. The smallest absolute Gasteiger partial charge is 0.326 e. The second-order valence-electron chi connectivity index (χ2n) is 6.10. The number of carbonyl (C=O) groups excluding carboxylic acids is 1. The van der Waals surface area contributed by atoms with Crippen LogP contribution >= 0.6 is 0 Å². The van der Waals surface area contributed by atoms with Crippen LogP contribution in [0.25, 0.3) is 10.9 Å². The van der Waals surface area contributed by atoms with E-state index in [2.05, 4.69) is 15.0 Å². The van der Waals surface area contributed by atoms with Gasteiger partial charge in [-0.15, -0.1) is 0 Å². The topological polar surface area (TPSA) is 121 Å². The van der Waals surface area contributed by atoms with Crippen molar-refractivity contribution < 1.29 is 14.7 Å². The summed E-state index contributed by atoms with van der Waals surface area (Å²) < 4.78 is 1.20. The van der Waals surface area contributed by atoms with Gasteiger partial charge in [0.2, 0.25) is 5.91 Å². The number of carboxylic acid groups (broad SMARTS) is 1. The molecule has 9 heteroatoms. The van der Waals surface area contributed by atoms with Crippen LogP contribution in [0.1, 0.15) is 11.4 Å². The minimum absolute atomic E-state index is 0.112. The number of hydrogen-bond acceptors (Lipinski definition) is 5. The number of aromatic nitrogens is 4. The third kappa shape index (κ3) is 2.63. The number of hydrogen-bond donors (Lipinski definition) is 2. The van der Waals surface area contributed by atoms with Gasteiger partial charge in [-0.05, 0) is 12.1 Å². The van der Waals surface area contributed by atoms with Gasteiger partial charge in [-0.25, -0.2) is 14.8 Å². The lowest BCUT2D eigenvalue weighted by atomic mass is 10.0. The molecule has 1 amide bonds. The van der Waals surface area contributed by atoms with Crippen molar-refractivity contribution in [3.8, 4) is 0 Å².